The average Bonchev–Trinajstić information content (AvgIpc) is 2.05. The van der Waals surface area contributed by atoms with Crippen molar-refractivity contribution in [2.75, 3.05) is 5.23 Å². The van der Waals surface area contributed by atoms with Crippen molar-refractivity contribution in [3.63, 3.8) is 0 Å². The minimum Gasteiger partial charge on any atom is -0.733 e. The third kappa shape index (κ3) is 3.26. The van der Waals surface area contributed by atoms with Crippen molar-refractivity contribution >= 4 is 5.69 Å². The summed E-state index contributed by atoms with van der Waals surface area (Å²) in [5, 5.41) is 17.8. The van der Waals surface area contributed by atoms with Crippen LogP contribution in [0.4, 0.5) is 23.2 Å². The molecule has 0 radical (unpaired) electrons. The maximum atomic E-state index is 12.5. The van der Waals surface area contributed by atoms with Gasteiger partial charge in [0.2, 0.25) is 0 Å². The summed E-state index contributed by atoms with van der Waals surface area (Å²) in [6.45, 7) is 0. The van der Waals surface area contributed by atoms with E-state index < -0.39 is 28.8 Å². The van der Waals surface area contributed by atoms with Crippen LogP contribution in [0, 0.1) is 11.0 Å². The van der Waals surface area contributed by atoms with Crippen molar-refractivity contribution in [1.82, 2.24) is 0 Å². The Hall–Kier alpha value is -1.54. The normalized spacial score (nSPS) is 11.3. The number of hydrogen-bond acceptors (Lipinski definition) is 4. The summed E-state index contributed by atoms with van der Waals surface area (Å²) in [4.78, 5) is 0. The third-order valence-corrected chi connectivity index (χ3v) is 1.35. The number of alkyl halides is 3. The highest BCUT2D eigenvalue weighted by Crippen LogP contribution is 2.32. The van der Waals surface area contributed by atoms with Gasteiger partial charge in [0.25, 0.3) is 0 Å². The molecule has 0 atom stereocenters. The van der Waals surface area contributed by atoms with Crippen molar-refractivity contribution in [2.24, 2.45) is 0 Å². The topological polar surface area (TPSA) is 55.8 Å². The van der Waals surface area contributed by atoms with E-state index in [4.69, 9.17) is 5.21 Å². The van der Waals surface area contributed by atoms with E-state index in [9.17, 15) is 22.8 Å². The van der Waals surface area contributed by atoms with Gasteiger partial charge in [-0.1, -0.05) is 0 Å². The molecule has 0 bridgehead atoms. The van der Waals surface area contributed by atoms with Crippen LogP contribution in [0.5, 0.6) is 5.75 Å². The molecule has 1 rings (SSSR count). The van der Waals surface area contributed by atoms with E-state index in [-0.39, 0.29) is 0 Å². The third-order valence-electron chi connectivity index (χ3n) is 1.35. The Kier molecular flexibility index (Phi) is 3.01. The monoisotopic (exact) mass is 226 g/mol. The molecule has 0 aliphatic rings. The number of benzene rings is 1. The van der Waals surface area contributed by atoms with Crippen LogP contribution in [0.3, 0.4) is 0 Å². The first-order chi connectivity index (χ1) is 6.79. The zero-order chi connectivity index (χ0) is 11.6. The summed E-state index contributed by atoms with van der Waals surface area (Å²) in [5.74, 6) is -1.96. The molecule has 1 N–H and O–H groups in total. The SMILES string of the molecule is [O-]N(O)c1cc(F)ccc1OC(F)(F)F. The number of anilines is 1. The quantitative estimate of drug-likeness (QED) is 0.621. The molecule has 0 saturated heterocycles. The van der Waals surface area contributed by atoms with Gasteiger partial charge in [-0.15, -0.1) is 13.2 Å². The van der Waals surface area contributed by atoms with E-state index in [1.807, 2.05) is 0 Å². The van der Waals surface area contributed by atoms with Crippen molar-refractivity contribution in [3.05, 3.63) is 29.2 Å². The molecule has 8 heteroatoms. The number of nitrogens with zero attached hydrogens (tertiary/aromatic N) is 1. The summed E-state index contributed by atoms with van der Waals surface area (Å²) in [5.41, 5.74) is -0.965. The van der Waals surface area contributed by atoms with E-state index in [1.54, 1.807) is 0 Å². The molecule has 15 heavy (non-hydrogen) atoms. The second-order valence-corrected chi connectivity index (χ2v) is 2.43. The van der Waals surface area contributed by atoms with Gasteiger partial charge in [-0.25, -0.2) is 4.39 Å². The Labute approximate surface area is 80.8 Å². The van der Waals surface area contributed by atoms with Crippen molar-refractivity contribution in [3.8, 4) is 5.75 Å². The van der Waals surface area contributed by atoms with Gasteiger partial charge in [-0.3, -0.25) is 5.21 Å². The maximum Gasteiger partial charge on any atom is 0.573 e. The fourth-order valence-electron chi connectivity index (χ4n) is 0.851. The lowest BCUT2D eigenvalue weighted by molar-refractivity contribution is -0.274. The Balaban J connectivity index is 3.06. The highest BCUT2D eigenvalue weighted by molar-refractivity contribution is 5.57. The van der Waals surface area contributed by atoms with Crippen LogP contribution >= 0.6 is 0 Å². The van der Waals surface area contributed by atoms with Gasteiger partial charge in [-0.2, -0.15) is 0 Å². The summed E-state index contributed by atoms with van der Waals surface area (Å²) < 4.78 is 51.2. The highest BCUT2D eigenvalue weighted by atomic mass is 19.4. The van der Waals surface area contributed by atoms with Gasteiger partial charge in [0, 0.05) is 6.07 Å². The Morgan fingerprint density at radius 1 is 1.33 bits per heavy atom. The van der Waals surface area contributed by atoms with Crippen molar-refractivity contribution < 1.29 is 27.5 Å². The van der Waals surface area contributed by atoms with Crippen LogP contribution in [-0.4, -0.2) is 11.6 Å². The first-order valence-electron chi connectivity index (χ1n) is 3.51. The smallest absolute Gasteiger partial charge is 0.573 e. The fourth-order valence-corrected chi connectivity index (χ4v) is 0.851. The molecule has 84 valence electrons. The highest BCUT2D eigenvalue weighted by Gasteiger charge is 2.32. The zero-order valence-electron chi connectivity index (χ0n) is 6.95. The molecule has 0 aliphatic heterocycles. The van der Waals surface area contributed by atoms with Gasteiger partial charge in [-0.05, 0) is 12.1 Å². The fraction of sp³-hybridized carbons (Fsp3) is 0.143. The predicted molar refractivity (Wildman–Crippen MR) is 40.7 cm³/mol. The molecule has 0 unspecified atom stereocenters. The average molecular weight is 226 g/mol. The first-order valence-corrected chi connectivity index (χ1v) is 3.51. The lowest BCUT2D eigenvalue weighted by Crippen LogP contribution is -2.19. The van der Waals surface area contributed by atoms with Crippen LogP contribution < -0.4 is 9.96 Å². The van der Waals surface area contributed by atoms with Crippen molar-refractivity contribution in [2.45, 2.75) is 6.36 Å². The second-order valence-electron chi connectivity index (χ2n) is 2.43. The van der Waals surface area contributed by atoms with E-state index >= 15 is 0 Å². The second kappa shape index (κ2) is 3.91. The standard InChI is InChI=1S/C7H4F4NO3/c8-4-1-2-6(15-7(9,10)11)5(3-4)12(13)14/h1-3,13H/q-1. The molecular formula is C7H4F4NO3-. The predicted octanol–water partition coefficient (Wildman–Crippen LogP) is 2.42. The molecule has 0 heterocycles. The van der Waals surface area contributed by atoms with Gasteiger partial charge in [0.05, 0.1) is 5.69 Å². The largest absolute Gasteiger partial charge is 0.733 e. The zero-order valence-corrected chi connectivity index (χ0v) is 6.95. The molecular weight excluding hydrogens is 222 g/mol. The van der Waals surface area contributed by atoms with E-state index in [0.717, 1.165) is 0 Å². The van der Waals surface area contributed by atoms with Crippen LogP contribution in [0.25, 0.3) is 0 Å². The molecule has 0 saturated carbocycles. The summed E-state index contributed by atoms with van der Waals surface area (Å²) in [6.07, 6.45) is -5.03. The number of hydrogen-bond donors (Lipinski definition) is 1. The Morgan fingerprint density at radius 3 is 2.40 bits per heavy atom. The maximum absolute atomic E-state index is 12.5. The van der Waals surface area contributed by atoms with E-state index in [2.05, 4.69) is 4.74 Å². The summed E-state index contributed by atoms with van der Waals surface area (Å²) >= 11 is 0. The molecule has 1 aromatic carbocycles. The Morgan fingerprint density at radius 2 is 1.93 bits per heavy atom. The van der Waals surface area contributed by atoms with Gasteiger partial charge < -0.3 is 15.2 Å². The molecule has 0 aromatic heterocycles. The lowest BCUT2D eigenvalue weighted by atomic mass is 10.3. The van der Waals surface area contributed by atoms with Gasteiger partial charge in [0.1, 0.15) is 5.82 Å². The van der Waals surface area contributed by atoms with Gasteiger partial charge in [0.15, 0.2) is 5.75 Å². The Bertz CT molecular complexity index is 353. The molecule has 1 aromatic rings. The first kappa shape index (κ1) is 11.5. The molecule has 0 amide bonds. The van der Waals surface area contributed by atoms with E-state index in [1.165, 1.54) is 0 Å². The molecule has 0 spiro atoms. The van der Waals surface area contributed by atoms with Crippen LogP contribution in [-0.2, 0) is 0 Å². The molecule has 0 aliphatic carbocycles. The number of halogens is 4. The number of rotatable bonds is 2. The number of ether oxygens (including phenoxy) is 1. The summed E-state index contributed by atoms with van der Waals surface area (Å²) in [6, 6.07) is 1.65. The summed E-state index contributed by atoms with van der Waals surface area (Å²) in [7, 11) is 0. The lowest BCUT2D eigenvalue weighted by Gasteiger charge is -2.24. The van der Waals surface area contributed by atoms with Crippen LogP contribution in [0.1, 0.15) is 0 Å². The molecule has 0 fully saturated rings. The van der Waals surface area contributed by atoms with Crippen molar-refractivity contribution in [1.29, 1.82) is 0 Å². The minimum absolute atomic E-state index is 0.411. The van der Waals surface area contributed by atoms with Crippen LogP contribution in [0.15, 0.2) is 18.2 Å². The van der Waals surface area contributed by atoms with E-state index in [0.29, 0.717) is 18.2 Å². The minimum atomic E-state index is -5.03. The van der Waals surface area contributed by atoms with Crippen LogP contribution in [0.2, 0.25) is 0 Å². The molecule has 4 nitrogen and oxygen atoms in total. The van der Waals surface area contributed by atoms with Gasteiger partial charge >= 0.3 is 6.36 Å².